The van der Waals surface area contributed by atoms with Crippen molar-refractivity contribution < 1.29 is 4.74 Å². The molecule has 0 aliphatic carbocycles. The van der Waals surface area contributed by atoms with E-state index in [-0.39, 0.29) is 18.0 Å². The minimum Gasteiger partial charge on any atom is -0.383 e. The molecule has 4 rings (SSSR count). The van der Waals surface area contributed by atoms with Crippen LogP contribution in [0.3, 0.4) is 0 Å². The molecule has 2 atom stereocenters. The Labute approximate surface area is 174 Å². The highest BCUT2D eigenvalue weighted by Gasteiger charge is 2.29. The molecule has 3 N–H and O–H groups in total. The molecule has 0 radical (unpaired) electrons. The van der Waals surface area contributed by atoms with Crippen molar-refractivity contribution in [2.75, 3.05) is 36.2 Å². The van der Waals surface area contributed by atoms with E-state index in [2.05, 4.69) is 38.2 Å². The van der Waals surface area contributed by atoms with Crippen molar-refractivity contribution in [3.8, 4) is 0 Å². The highest BCUT2D eigenvalue weighted by Crippen LogP contribution is 2.35. The summed E-state index contributed by atoms with van der Waals surface area (Å²) >= 11 is 6.45. The molecule has 8 nitrogen and oxygen atoms in total. The lowest BCUT2D eigenvalue weighted by Crippen LogP contribution is -2.34. The summed E-state index contributed by atoms with van der Waals surface area (Å²) in [6, 6.07) is 8.13. The number of nitrogen functional groups attached to an aromatic ring is 1. The molecule has 9 heteroatoms. The first-order chi connectivity index (χ1) is 14.1. The Hall–Kier alpha value is -2.71. The van der Waals surface area contributed by atoms with E-state index in [9.17, 15) is 0 Å². The van der Waals surface area contributed by atoms with Crippen molar-refractivity contribution in [3.05, 3.63) is 41.2 Å². The molecule has 0 bridgehead atoms. The number of nitrogens with two attached hydrogens (primary N) is 1. The number of fused-ring (bicyclic) bond motifs is 1. The molecule has 0 saturated carbocycles. The van der Waals surface area contributed by atoms with E-state index in [0.29, 0.717) is 17.6 Å². The Morgan fingerprint density at radius 1 is 1.34 bits per heavy atom. The Morgan fingerprint density at radius 2 is 2.21 bits per heavy atom. The summed E-state index contributed by atoms with van der Waals surface area (Å²) in [5.74, 6) is 1.52. The molecule has 1 fully saturated rings. The zero-order valence-electron chi connectivity index (χ0n) is 16.5. The summed E-state index contributed by atoms with van der Waals surface area (Å²) in [7, 11) is 1.73. The maximum absolute atomic E-state index is 6.45. The first-order valence-electron chi connectivity index (χ1n) is 9.62. The summed E-state index contributed by atoms with van der Waals surface area (Å²) in [6.45, 7) is 3.64. The molecular formula is C20H24ClN7O. The van der Waals surface area contributed by atoms with Gasteiger partial charge in [-0.1, -0.05) is 23.7 Å². The maximum Gasteiger partial charge on any atom is 0.227 e. The number of para-hydroxylation sites is 1. The van der Waals surface area contributed by atoms with Crippen molar-refractivity contribution >= 4 is 40.2 Å². The summed E-state index contributed by atoms with van der Waals surface area (Å²) in [5, 5.41) is 4.95. The van der Waals surface area contributed by atoms with Crippen LogP contribution in [0.4, 0.5) is 17.7 Å². The Kier molecular flexibility index (Phi) is 5.64. The molecule has 0 unspecified atom stereocenters. The topological polar surface area (TPSA) is 102 Å². The molecule has 3 heterocycles. The third-order valence-electron chi connectivity index (χ3n) is 5.22. The lowest BCUT2D eigenvalue weighted by atomic mass is 10.0. The summed E-state index contributed by atoms with van der Waals surface area (Å²) < 4.78 is 5.45. The lowest BCUT2D eigenvalue weighted by molar-refractivity contribution is 0.180. The van der Waals surface area contributed by atoms with E-state index in [1.165, 1.54) is 6.33 Å². The second kappa shape index (κ2) is 8.34. The second-order valence-electron chi connectivity index (χ2n) is 7.19. The number of halogens is 1. The number of nitrogens with zero attached hydrogens (tertiary/aromatic N) is 5. The van der Waals surface area contributed by atoms with Gasteiger partial charge in [-0.05, 0) is 31.9 Å². The van der Waals surface area contributed by atoms with Crippen LogP contribution in [-0.2, 0) is 4.74 Å². The van der Waals surface area contributed by atoms with Gasteiger partial charge in [-0.3, -0.25) is 0 Å². The monoisotopic (exact) mass is 413 g/mol. The maximum atomic E-state index is 6.45. The molecule has 1 saturated heterocycles. The van der Waals surface area contributed by atoms with Crippen LogP contribution in [0, 0.1) is 0 Å². The number of aromatic nitrogens is 4. The highest BCUT2D eigenvalue weighted by molar-refractivity contribution is 6.35. The second-order valence-corrected chi connectivity index (χ2v) is 7.60. The summed E-state index contributed by atoms with van der Waals surface area (Å²) in [5.41, 5.74) is 7.54. The SMILES string of the molecule is COC[C@H]1CCCN1c1nc2c(Cl)cccc2cc1[C@H](C)Nc1ncnc(N)n1. The Bertz CT molecular complexity index is 1020. The summed E-state index contributed by atoms with van der Waals surface area (Å²) in [6.07, 6.45) is 3.56. The molecule has 1 aromatic carbocycles. The average molecular weight is 414 g/mol. The molecule has 29 heavy (non-hydrogen) atoms. The number of hydrogen-bond donors (Lipinski definition) is 2. The number of methoxy groups -OCH3 is 1. The van der Waals surface area contributed by atoms with Gasteiger partial charge in [0.25, 0.3) is 0 Å². The van der Waals surface area contributed by atoms with Crippen molar-refractivity contribution in [2.24, 2.45) is 0 Å². The standard InChI is InChI=1S/C20H24ClN7O/c1-12(25-20-24-11-23-19(22)27-20)15-9-13-5-3-7-16(21)17(13)26-18(15)28-8-4-6-14(28)10-29-2/h3,5,7,9,11-12,14H,4,6,8,10H2,1-2H3,(H3,22,23,24,25,27)/t12-,14+/m0/s1. The van der Waals surface area contributed by atoms with Crippen LogP contribution in [0.1, 0.15) is 31.4 Å². The van der Waals surface area contributed by atoms with Gasteiger partial charge in [-0.15, -0.1) is 0 Å². The van der Waals surface area contributed by atoms with Gasteiger partial charge >= 0.3 is 0 Å². The van der Waals surface area contributed by atoms with Crippen LogP contribution >= 0.6 is 11.6 Å². The molecule has 1 aliphatic heterocycles. The molecule has 2 aromatic heterocycles. The number of ether oxygens (including phenoxy) is 1. The van der Waals surface area contributed by atoms with Gasteiger partial charge in [0.1, 0.15) is 12.1 Å². The number of benzene rings is 1. The molecule has 152 valence electrons. The van der Waals surface area contributed by atoms with Crippen molar-refractivity contribution in [2.45, 2.75) is 31.8 Å². The lowest BCUT2D eigenvalue weighted by Gasteiger charge is -2.29. The van der Waals surface area contributed by atoms with Crippen LogP contribution in [0.15, 0.2) is 30.6 Å². The first-order valence-corrected chi connectivity index (χ1v) is 10.0. The number of hydrogen-bond acceptors (Lipinski definition) is 8. The van der Waals surface area contributed by atoms with E-state index in [1.54, 1.807) is 7.11 Å². The van der Waals surface area contributed by atoms with Crippen LogP contribution in [0.25, 0.3) is 10.9 Å². The minimum atomic E-state index is -0.105. The molecule has 3 aromatic rings. The van der Waals surface area contributed by atoms with Crippen LogP contribution in [-0.4, -0.2) is 46.2 Å². The third kappa shape index (κ3) is 4.04. The highest BCUT2D eigenvalue weighted by atomic mass is 35.5. The van der Waals surface area contributed by atoms with Gasteiger partial charge in [-0.2, -0.15) is 4.98 Å². The minimum absolute atomic E-state index is 0.105. The number of nitrogens with one attached hydrogen (secondary N) is 1. The van der Waals surface area contributed by atoms with Crippen LogP contribution in [0.2, 0.25) is 5.02 Å². The van der Waals surface area contributed by atoms with Gasteiger partial charge in [0.15, 0.2) is 0 Å². The van der Waals surface area contributed by atoms with Gasteiger partial charge in [0, 0.05) is 24.6 Å². The van der Waals surface area contributed by atoms with Crippen molar-refractivity contribution in [3.63, 3.8) is 0 Å². The zero-order valence-corrected chi connectivity index (χ0v) is 17.2. The van der Waals surface area contributed by atoms with Gasteiger partial charge < -0.3 is 20.7 Å². The zero-order chi connectivity index (χ0) is 20.4. The van der Waals surface area contributed by atoms with Crippen LogP contribution in [0.5, 0.6) is 0 Å². The predicted molar refractivity (Wildman–Crippen MR) is 115 cm³/mol. The predicted octanol–water partition coefficient (Wildman–Crippen LogP) is 3.44. The Morgan fingerprint density at radius 3 is 3.00 bits per heavy atom. The van der Waals surface area contributed by atoms with Gasteiger partial charge in [0.05, 0.1) is 29.2 Å². The smallest absolute Gasteiger partial charge is 0.227 e. The fraction of sp³-hybridized carbons (Fsp3) is 0.400. The number of anilines is 3. The molecule has 0 amide bonds. The van der Waals surface area contributed by atoms with Gasteiger partial charge in [0.2, 0.25) is 11.9 Å². The van der Waals surface area contributed by atoms with Crippen molar-refractivity contribution in [1.82, 2.24) is 19.9 Å². The number of pyridine rings is 1. The van der Waals surface area contributed by atoms with E-state index in [4.69, 9.17) is 27.1 Å². The molecule has 0 spiro atoms. The van der Waals surface area contributed by atoms with E-state index >= 15 is 0 Å². The number of rotatable bonds is 6. The van der Waals surface area contributed by atoms with Crippen LogP contribution < -0.4 is 16.0 Å². The molecule has 1 aliphatic rings. The largest absolute Gasteiger partial charge is 0.383 e. The Balaban J connectivity index is 1.78. The summed E-state index contributed by atoms with van der Waals surface area (Å²) in [4.78, 5) is 19.5. The quantitative estimate of drug-likeness (QED) is 0.633. The molecular weight excluding hydrogens is 390 g/mol. The third-order valence-corrected chi connectivity index (χ3v) is 5.52. The van der Waals surface area contributed by atoms with Crippen molar-refractivity contribution in [1.29, 1.82) is 0 Å². The first kappa shape index (κ1) is 19.6. The van der Waals surface area contributed by atoms with E-state index < -0.39 is 0 Å². The van der Waals surface area contributed by atoms with Gasteiger partial charge in [-0.25, -0.2) is 15.0 Å². The fourth-order valence-electron chi connectivity index (χ4n) is 3.85. The fourth-order valence-corrected chi connectivity index (χ4v) is 4.07. The normalized spacial score (nSPS) is 17.6. The van der Waals surface area contributed by atoms with E-state index in [0.717, 1.165) is 41.7 Å². The van der Waals surface area contributed by atoms with E-state index in [1.807, 2.05) is 18.2 Å². The average Bonchev–Trinajstić information content (AvgIpc) is 3.16.